The Hall–Kier alpha value is -3.77. The smallest absolute Gasteiger partial charge is 0.408 e. The molecule has 0 aliphatic rings. The van der Waals surface area contributed by atoms with Crippen molar-refractivity contribution in [2.45, 2.75) is 32.0 Å². The molecule has 0 saturated carbocycles. The zero-order chi connectivity index (χ0) is 23.9. The predicted octanol–water partition coefficient (Wildman–Crippen LogP) is 5.54. The van der Waals surface area contributed by atoms with E-state index in [-0.39, 0.29) is 18.6 Å². The molecule has 3 aromatic carbocycles. The number of carbonyl (C=O) groups is 2. The number of rotatable bonds is 8. The minimum atomic E-state index is -0.817. The molecule has 1 heterocycles. The molecule has 0 bridgehead atoms. The number of amides is 2. The Bertz CT molecular complexity index is 1260. The summed E-state index contributed by atoms with van der Waals surface area (Å²) in [7, 11) is 0. The fraction of sp³-hybridized carbons (Fsp3) is 0.185. The van der Waals surface area contributed by atoms with Gasteiger partial charge in [0, 0.05) is 28.5 Å². The number of carbonyl (C=O) groups excluding carboxylic acids is 2. The van der Waals surface area contributed by atoms with Crippen LogP contribution in [0.25, 0.3) is 10.9 Å². The van der Waals surface area contributed by atoms with Crippen LogP contribution in [-0.4, -0.2) is 23.0 Å². The lowest BCUT2D eigenvalue weighted by atomic mass is 10.0. The zero-order valence-corrected chi connectivity index (χ0v) is 19.5. The van der Waals surface area contributed by atoms with Gasteiger partial charge in [0.1, 0.15) is 12.6 Å². The first-order valence-electron chi connectivity index (χ1n) is 11.1. The molecule has 0 aliphatic heterocycles. The summed E-state index contributed by atoms with van der Waals surface area (Å²) in [6.07, 6.45) is 1.52. The van der Waals surface area contributed by atoms with Crippen LogP contribution in [0.5, 0.6) is 0 Å². The molecule has 34 heavy (non-hydrogen) atoms. The molecule has 1 aromatic heterocycles. The van der Waals surface area contributed by atoms with Crippen LogP contribution in [0.1, 0.15) is 29.7 Å². The van der Waals surface area contributed by atoms with Gasteiger partial charge < -0.3 is 20.4 Å². The first-order valence-corrected chi connectivity index (χ1v) is 11.5. The van der Waals surface area contributed by atoms with Crippen LogP contribution >= 0.6 is 11.6 Å². The van der Waals surface area contributed by atoms with Crippen molar-refractivity contribution in [2.24, 2.45) is 0 Å². The molecule has 0 spiro atoms. The van der Waals surface area contributed by atoms with Crippen molar-refractivity contribution < 1.29 is 14.3 Å². The van der Waals surface area contributed by atoms with E-state index in [0.717, 1.165) is 27.6 Å². The monoisotopic (exact) mass is 475 g/mol. The predicted molar refractivity (Wildman–Crippen MR) is 134 cm³/mol. The Balaban J connectivity index is 1.47. The maximum atomic E-state index is 13.2. The number of hydrogen-bond donors (Lipinski definition) is 3. The Labute approximate surface area is 203 Å². The summed E-state index contributed by atoms with van der Waals surface area (Å²) in [6, 6.07) is 23.5. The van der Waals surface area contributed by atoms with Crippen molar-refractivity contribution in [3.63, 3.8) is 0 Å². The number of halogens is 1. The quantitative estimate of drug-likeness (QED) is 0.313. The molecule has 3 N–H and O–H groups in total. The van der Waals surface area contributed by atoms with E-state index >= 15 is 0 Å². The molecular weight excluding hydrogens is 450 g/mol. The van der Waals surface area contributed by atoms with Gasteiger partial charge in [-0.05, 0) is 41.8 Å². The van der Waals surface area contributed by atoms with Gasteiger partial charge in [-0.1, -0.05) is 72.3 Å². The molecule has 7 heteroatoms. The van der Waals surface area contributed by atoms with Crippen molar-refractivity contribution in [3.05, 3.63) is 107 Å². The van der Waals surface area contributed by atoms with Crippen LogP contribution in [0.4, 0.5) is 4.79 Å². The highest BCUT2D eigenvalue weighted by atomic mass is 35.5. The van der Waals surface area contributed by atoms with Crippen molar-refractivity contribution in [1.29, 1.82) is 0 Å². The summed E-state index contributed by atoms with van der Waals surface area (Å²) in [4.78, 5) is 29.0. The van der Waals surface area contributed by atoms with E-state index < -0.39 is 12.1 Å². The number of alkyl carbamates (subject to hydrolysis) is 1. The van der Waals surface area contributed by atoms with Gasteiger partial charge in [0.05, 0.1) is 6.04 Å². The number of H-pyrrole nitrogens is 1. The molecule has 6 nitrogen and oxygen atoms in total. The van der Waals surface area contributed by atoms with Crippen molar-refractivity contribution in [3.8, 4) is 0 Å². The summed E-state index contributed by atoms with van der Waals surface area (Å²) >= 11 is 5.91. The average Bonchev–Trinajstić information content (AvgIpc) is 3.26. The van der Waals surface area contributed by atoms with Crippen LogP contribution in [-0.2, 0) is 22.6 Å². The summed E-state index contributed by atoms with van der Waals surface area (Å²) in [6.45, 7) is 1.99. The molecule has 0 fully saturated rings. The number of aromatic nitrogens is 1. The van der Waals surface area contributed by atoms with Crippen molar-refractivity contribution in [2.75, 3.05) is 0 Å². The minimum absolute atomic E-state index is 0.0743. The number of aromatic amines is 1. The van der Waals surface area contributed by atoms with Gasteiger partial charge in [0.25, 0.3) is 0 Å². The second-order valence-corrected chi connectivity index (χ2v) is 8.54. The highest BCUT2D eigenvalue weighted by Gasteiger charge is 2.25. The molecular formula is C27H26ClN3O3. The van der Waals surface area contributed by atoms with Gasteiger partial charge in [-0.3, -0.25) is 4.79 Å². The number of benzene rings is 3. The van der Waals surface area contributed by atoms with Gasteiger partial charge in [0.2, 0.25) is 5.91 Å². The largest absolute Gasteiger partial charge is 0.445 e. The highest BCUT2D eigenvalue weighted by molar-refractivity contribution is 6.30. The summed E-state index contributed by atoms with van der Waals surface area (Å²) in [5.41, 5.74) is 3.68. The first kappa shape index (κ1) is 23.4. The molecule has 0 unspecified atom stereocenters. The van der Waals surface area contributed by atoms with Gasteiger partial charge in [-0.15, -0.1) is 0 Å². The first-order chi connectivity index (χ1) is 16.5. The third kappa shape index (κ3) is 5.97. The van der Waals surface area contributed by atoms with Crippen LogP contribution in [0.15, 0.2) is 85.1 Å². The minimum Gasteiger partial charge on any atom is -0.445 e. The third-order valence-corrected chi connectivity index (χ3v) is 5.90. The van der Waals surface area contributed by atoms with Gasteiger partial charge in [0.15, 0.2) is 0 Å². The Morgan fingerprint density at radius 1 is 0.941 bits per heavy atom. The topological polar surface area (TPSA) is 83.2 Å². The maximum Gasteiger partial charge on any atom is 0.408 e. The molecule has 2 atom stereocenters. The van der Waals surface area contributed by atoms with Crippen LogP contribution < -0.4 is 10.6 Å². The van der Waals surface area contributed by atoms with E-state index in [9.17, 15) is 9.59 Å². The SMILES string of the molecule is C[C@H](NC(=O)[C@@H](Cc1c[nH]c2ccccc12)NC(=O)OCc1ccc(Cl)cc1)c1ccccc1. The highest BCUT2D eigenvalue weighted by Crippen LogP contribution is 2.20. The van der Waals surface area contributed by atoms with Crippen LogP contribution in [0, 0.1) is 0 Å². The van der Waals surface area contributed by atoms with Crippen molar-refractivity contribution in [1.82, 2.24) is 15.6 Å². The molecule has 0 aliphatic carbocycles. The van der Waals surface area contributed by atoms with E-state index in [1.165, 1.54) is 0 Å². The Kier molecular flexibility index (Phi) is 7.50. The van der Waals surface area contributed by atoms with E-state index in [0.29, 0.717) is 11.4 Å². The summed E-state index contributed by atoms with van der Waals surface area (Å²) in [5, 5.41) is 7.37. The van der Waals surface area contributed by atoms with E-state index in [1.807, 2.05) is 67.7 Å². The standard InChI is InChI=1S/C27H26ClN3O3/c1-18(20-7-3-2-4-8-20)30-26(32)25(15-21-16-29-24-10-6-5-9-23(21)24)31-27(33)34-17-19-11-13-22(28)14-12-19/h2-14,16,18,25,29H,15,17H2,1H3,(H,30,32)(H,31,33)/t18-,25+/m0/s1. The number of nitrogens with one attached hydrogen (secondary N) is 3. The van der Waals surface area contributed by atoms with Crippen LogP contribution in [0.2, 0.25) is 5.02 Å². The fourth-order valence-electron chi connectivity index (χ4n) is 3.78. The number of ether oxygens (including phenoxy) is 1. The van der Waals surface area contributed by atoms with E-state index in [4.69, 9.17) is 16.3 Å². The Morgan fingerprint density at radius 2 is 1.65 bits per heavy atom. The summed E-state index contributed by atoms with van der Waals surface area (Å²) in [5.74, 6) is -0.287. The molecule has 2 amide bonds. The average molecular weight is 476 g/mol. The van der Waals surface area contributed by atoms with Gasteiger partial charge in [-0.25, -0.2) is 4.79 Å². The van der Waals surface area contributed by atoms with Gasteiger partial charge in [-0.2, -0.15) is 0 Å². The molecule has 174 valence electrons. The van der Waals surface area contributed by atoms with Gasteiger partial charge >= 0.3 is 6.09 Å². The second-order valence-electron chi connectivity index (χ2n) is 8.10. The van der Waals surface area contributed by atoms with E-state index in [1.54, 1.807) is 24.3 Å². The normalized spacial score (nSPS) is 12.6. The second kappa shape index (κ2) is 10.9. The lowest BCUT2D eigenvalue weighted by Gasteiger charge is -2.21. The number of fused-ring (bicyclic) bond motifs is 1. The van der Waals surface area contributed by atoms with Crippen LogP contribution in [0.3, 0.4) is 0 Å². The molecule has 4 aromatic rings. The summed E-state index contributed by atoms with van der Waals surface area (Å²) < 4.78 is 5.36. The Morgan fingerprint density at radius 3 is 2.41 bits per heavy atom. The number of para-hydroxylation sites is 1. The zero-order valence-electron chi connectivity index (χ0n) is 18.8. The maximum absolute atomic E-state index is 13.2. The number of hydrogen-bond acceptors (Lipinski definition) is 3. The lowest BCUT2D eigenvalue weighted by molar-refractivity contribution is -0.123. The molecule has 4 rings (SSSR count). The lowest BCUT2D eigenvalue weighted by Crippen LogP contribution is -2.48. The third-order valence-electron chi connectivity index (χ3n) is 5.65. The van der Waals surface area contributed by atoms with E-state index in [2.05, 4.69) is 15.6 Å². The fourth-order valence-corrected chi connectivity index (χ4v) is 3.91. The molecule has 0 saturated heterocycles. The molecule has 0 radical (unpaired) electrons. The van der Waals surface area contributed by atoms with Crippen molar-refractivity contribution >= 4 is 34.5 Å².